The molecule has 0 radical (unpaired) electrons. The molecule has 3 rings (SSSR count). The lowest BCUT2D eigenvalue weighted by atomic mass is 10.1. The van der Waals surface area contributed by atoms with Gasteiger partial charge in [0.1, 0.15) is 0 Å². The number of aromatic nitrogens is 1. The largest absolute Gasteiger partial charge is 0.475 e. The lowest BCUT2D eigenvalue weighted by molar-refractivity contribution is 0.135. The van der Waals surface area contributed by atoms with Crippen molar-refractivity contribution in [1.29, 1.82) is 0 Å². The molecule has 0 unspecified atom stereocenters. The summed E-state index contributed by atoms with van der Waals surface area (Å²) in [6.45, 7) is 10.6. The van der Waals surface area contributed by atoms with E-state index in [2.05, 4.69) is 46.4 Å². The summed E-state index contributed by atoms with van der Waals surface area (Å²) >= 11 is 0. The van der Waals surface area contributed by atoms with Gasteiger partial charge in [0.15, 0.2) is 0 Å². The third-order valence-electron chi connectivity index (χ3n) is 4.78. The molecule has 0 bridgehead atoms. The Morgan fingerprint density at radius 1 is 1.18 bits per heavy atom. The number of nitrogens with one attached hydrogen (secondary N) is 1. The first kappa shape index (κ1) is 20.1. The Morgan fingerprint density at radius 2 is 1.96 bits per heavy atom. The van der Waals surface area contributed by atoms with Gasteiger partial charge >= 0.3 is 6.03 Å². The summed E-state index contributed by atoms with van der Waals surface area (Å²) in [5.74, 6) is 0.584. The Hall–Kier alpha value is -2.60. The average molecular weight is 383 g/mol. The van der Waals surface area contributed by atoms with Crippen LogP contribution in [-0.2, 0) is 13.1 Å². The zero-order valence-electron chi connectivity index (χ0n) is 17.0. The van der Waals surface area contributed by atoms with Crippen molar-refractivity contribution < 1.29 is 9.53 Å². The van der Waals surface area contributed by atoms with E-state index in [0.29, 0.717) is 12.4 Å². The van der Waals surface area contributed by atoms with Gasteiger partial charge in [0, 0.05) is 51.0 Å². The van der Waals surface area contributed by atoms with Crippen molar-refractivity contribution in [3.8, 4) is 5.88 Å². The number of carbonyl (C=O) groups is 1. The van der Waals surface area contributed by atoms with Crippen LogP contribution in [0.5, 0.6) is 5.88 Å². The number of piperazine rings is 1. The second-order valence-corrected chi connectivity index (χ2v) is 7.55. The third-order valence-corrected chi connectivity index (χ3v) is 4.78. The van der Waals surface area contributed by atoms with Crippen molar-refractivity contribution in [3.63, 3.8) is 0 Å². The van der Waals surface area contributed by atoms with Gasteiger partial charge in [-0.1, -0.05) is 35.9 Å². The number of nitrogens with zero attached hydrogens (tertiary/aromatic N) is 3. The lowest BCUT2D eigenvalue weighted by Crippen LogP contribution is -2.51. The van der Waals surface area contributed by atoms with Crippen LogP contribution in [0.1, 0.15) is 30.5 Å². The molecule has 1 fully saturated rings. The topological polar surface area (TPSA) is 57.7 Å². The van der Waals surface area contributed by atoms with Crippen molar-refractivity contribution in [2.75, 3.05) is 26.2 Å². The summed E-state index contributed by atoms with van der Waals surface area (Å²) in [4.78, 5) is 21.1. The molecular formula is C22H30N4O2. The maximum absolute atomic E-state index is 12.5. The molecule has 2 aromatic rings. The van der Waals surface area contributed by atoms with E-state index in [1.807, 2.05) is 30.9 Å². The van der Waals surface area contributed by atoms with Crippen LogP contribution in [0.3, 0.4) is 0 Å². The van der Waals surface area contributed by atoms with Gasteiger partial charge in [0.05, 0.1) is 6.10 Å². The molecule has 1 aromatic carbocycles. The molecule has 0 saturated carbocycles. The summed E-state index contributed by atoms with van der Waals surface area (Å²) in [6, 6.07) is 12.4. The Morgan fingerprint density at radius 3 is 2.68 bits per heavy atom. The molecule has 0 aliphatic carbocycles. The molecule has 1 saturated heterocycles. The van der Waals surface area contributed by atoms with Crippen LogP contribution >= 0.6 is 0 Å². The number of urea groups is 1. The Kier molecular flexibility index (Phi) is 6.87. The average Bonchev–Trinajstić information content (AvgIpc) is 2.67. The molecule has 0 atom stereocenters. The normalized spacial score (nSPS) is 14.9. The van der Waals surface area contributed by atoms with E-state index >= 15 is 0 Å². The van der Waals surface area contributed by atoms with E-state index in [0.717, 1.165) is 38.3 Å². The van der Waals surface area contributed by atoms with Crippen LogP contribution in [0.15, 0.2) is 42.6 Å². The minimum Gasteiger partial charge on any atom is -0.475 e. The van der Waals surface area contributed by atoms with Crippen molar-refractivity contribution >= 4 is 6.03 Å². The maximum Gasteiger partial charge on any atom is 0.317 e. The summed E-state index contributed by atoms with van der Waals surface area (Å²) < 4.78 is 5.72. The summed E-state index contributed by atoms with van der Waals surface area (Å²) in [5.41, 5.74) is 3.50. The number of amides is 2. The van der Waals surface area contributed by atoms with Crippen LogP contribution in [0, 0.1) is 6.92 Å². The van der Waals surface area contributed by atoms with E-state index in [-0.39, 0.29) is 12.1 Å². The summed E-state index contributed by atoms with van der Waals surface area (Å²) in [7, 11) is 0. The van der Waals surface area contributed by atoms with Crippen LogP contribution in [0.25, 0.3) is 0 Å². The number of benzene rings is 1. The molecule has 1 aliphatic heterocycles. The molecule has 2 heterocycles. The second kappa shape index (κ2) is 9.55. The highest BCUT2D eigenvalue weighted by Crippen LogP contribution is 2.16. The van der Waals surface area contributed by atoms with Crippen LogP contribution in [-0.4, -0.2) is 53.1 Å². The van der Waals surface area contributed by atoms with Gasteiger partial charge < -0.3 is 15.0 Å². The fourth-order valence-corrected chi connectivity index (χ4v) is 3.35. The van der Waals surface area contributed by atoms with Crippen LogP contribution in [0.2, 0.25) is 0 Å². The van der Waals surface area contributed by atoms with Crippen LogP contribution < -0.4 is 10.1 Å². The molecule has 1 N–H and O–H groups in total. The van der Waals surface area contributed by atoms with Gasteiger partial charge in [0.2, 0.25) is 5.88 Å². The lowest BCUT2D eigenvalue weighted by Gasteiger charge is -2.34. The third kappa shape index (κ3) is 5.70. The highest BCUT2D eigenvalue weighted by molar-refractivity contribution is 5.74. The summed E-state index contributed by atoms with van der Waals surface area (Å²) in [6.07, 6.45) is 1.75. The number of ether oxygens (including phenoxy) is 1. The maximum atomic E-state index is 12.5. The fraction of sp³-hybridized carbons (Fsp3) is 0.455. The number of hydrogen-bond acceptors (Lipinski definition) is 4. The predicted molar refractivity (Wildman–Crippen MR) is 110 cm³/mol. The second-order valence-electron chi connectivity index (χ2n) is 7.55. The molecule has 150 valence electrons. The standard InChI is InChI=1S/C22H30N4O2/c1-17(2)28-21-20(8-5-9-23-21)15-24-22(27)26-12-10-25(11-13-26)16-19-7-4-6-18(3)14-19/h4-9,14,17H,10-13,15-16H2,1-3H3,(H,24,27). The SMILES string of the molecule is Cc1cccc(CN2CCN(C(=O)NCc3cccnc3OC(C)C)CC2)c1. The zero-order chi connectivity index (χ0) is 19.9. The Balaban J connectivity index is 1.47. The van der Waals surface area contributed by atoms with Gasteiger partial charge in [-0.25, -0.2) is 9.78 Å². The zero-order valence-corrected chi connectivity index (χ0v) is 17.0. The van der Waals surface area contributed by atoms with Crippen molar-refractivity contribution in [2.45, 2.75) is 40.0 Å². The molecule has 6 heteroatoms. The van der Waals surface area contributed by atoms with Gasteiger partial charge in [-0.05, 0) is 32.4 Å². The van der Waals surface area contributed by atoms with Gasteiger partial charge in [-0.3, -0.25) is 4.90 Å². The fourth-order valence-electron chi connectivity index (χ4n) is 3.35. The van der Waals surface area contributed by atoms with Gasteiger partial charge in [0.25, 0.3) is 0 Å². The Labute approximate surface area is 167 Å². The number of rotatable bonds is 6. The van der Waals surface area contributed by atoms with Crippen LogP contribution in [0.4, 0.5) is 4.79 Å². The number of pyridine rings is 1. The smallest absolute Gasteiger partial charge is 0.317 e. The molecule has 6 nitrogen and oxygen atoms in total. The van der Waals surface area contributed by atoms with E-state index in [4.69, 9.17) is 4.74 Å². The highest BCUT2D eigenvalue weighted by atomic mass is 16.5. The summed E-state index contributed by atoms with van der Waals surface area (Å²) in [5, 5.41) is 3.00. The quantitative estimate of drug-likeness (QED) is 0.834. The minimum absolute atomic E-state index is 0.0328. The van der Waals surface area contributed by atoms with Crippen molar-refractivity contribution in [2.24, 2.45) is 0 Å². The van der Waals surface area contributed by atoms with Crippen molar-refractivity contribution in [1.82, 2.24) is 20.1 Å². The minimum atomic E-state index is -0.0328. The number of hydrogen-bond donors (Lipinski definition) is 1. The first-order valence-corrected chi connectivity index (χ1v) is 9.92. The van der Waals surface area contributed by atoms with Gasteiger partial charge in [-0.2, -0.15) is 0 Å². The predicted octanol–water partition coefficient (Wildman–Crippen LogP) is 3.20. The molecule has 0 spiro atoms. The molecule has 1 aliphatic rings. The number of carbonyl (C=O) groups excluding carboxylic acids is 1. The first-order chi connectivity index (χ1) is 13.5. The van der Waals surface area contributed by atoms with E-state index < -0.39 is 0 Å². The Bertz CT molecular complexity index is 786. The molecule has 28 heavy (non-hydrogen) atoms. The van der Waals surface area contributed by atoms with E-state index in [1.165, 1.54) is 11.1 Å². The highest BCUT2D eigenvalue weighted by Gasteiger charge is 2.21. The number of aryl methyl sites for hydroxylation is 1. The van der Waals surface area contributed by atoms with E-state index in [9.17, 15) is 4.79 Å². The van der Waals surface area contributed by atoms with Crippen molar-refractivity contribution in [3.05, 3.63) is 59.3 Å². The molecule has 1 aromatic heterocycles. The van der Waals surface area contributed by atoms with E-state index in [1.54, 1.807) is 6.20 Å². The monoisotopic (exact) mass is 382 g/mol. The first-order valence-electron chi connectivity index (χ1n) is 9.92. The van der Waals surface area contributed by atoms with Gasteiger partial charge in [-0.15, -0.1) is 0 Å². The molecule has 2 amide bonds. The molecular weight excluding hydrogens is 352 g/mol.